The number of rotatable bonds is 7. The fourth-order valence-corrected chi connectivity index (χ4v) is 4.86. The zero-order valence-corrected chi connectivity index (χ0v) is 18.8. The fraction of sp³-hybridized carbons (Fsp3) is 0.480. The van der Waals surface area contributed by atoms with E-state index < -0.39 is 5.54 Å². The molecule has 0 aromatic heterocycles. The average Bonchev–Trinajstić information content (AvgIpc) is 2.81. The van der Waals surface area contributed by atoms with Crippen LogP contribution in [0.4, 0.5) is 10.1 Å². The molecule has 0 saturated carbocycles. The number of amides is 1. The maximum absolute atomic E-state index is 14.2. The van der Waals surface area contributed by atoms with E-state index in [1.165, 1.54) is 6.07 Å². The molecule has 6 nitrogen and oxygen atoms in total. The predicted octanol–water partition coefficient (Wildman–Crippen LogP) is 4.12. The second kappa shape index (κ2) is 9.98. The van der Waals surface area contributed by atoms with Gasteiger partial charge in [0.25, 0.3) is 0 Å². The van der Waals surface area contributed by atoms with E-state index in [9.17, 15) is 9.18 Å². The van der Waals surface area contributed by atoms with Crippen LogP contribution in [0.1, 0.15) is 37.3 Å². The molecule has 1 saturated heterocycles. The molecule has 2 heterocycles. The number of carbonyl (C=O) groups excluding carboxylic acids is 1. The first-order chi connectivity index (χ1) is 15.6. The summed E-state index contributed by atoms with van der Waals surface area (Å²) in [5.41, 5.74) is 2.08. The topological polar surface area (TPSA) is 51.2 Å². The second-order valence-corrected chi connectivity index (χ2v) is 8.52. The first-order valence-corrected chi connectivity index (χ1v) is 11.2. The molecule has 0 aliphatic carbocycles. The number of fused-ring (bicyclic) bond motifs is 1. The van der Waals surface area contributed by atoms with Crippen molar-refractivity contribution >= 4 is 11.6 Å². The first kappa shape index (κ1) is 22.7. The molecule has 0 N–H and O–H groups in total. The van der Waals surface area contributed by atoms with Gasteiger partial charge in [0.1, 0.15) is 11.6 Å². The molecule has 0 radical (unpaired) electrons. The molecule has 1 amide bonds. The van der Waals surface area contributed by atoms with E-state index in [2.05, 4.69) is 4.90 Å². The van der Waals surface area contributed by atoms with Gasteiger partial charge in [-0.25, -0.2) is 4.39 Å². The van der Waals surface area contributed by atoms with Crippen LogP contribution in [0.25, 0.3) is 0 Å². The number of anilines is 1. The lowest BCUT2D eigenvalue weighted by Gasteiger charge is -2.48. The fourth-order valence-electron chi connectivity index (χ4n) is 4.86. The number of ether oxygens (including phenoxy) is 3. The number of piperidine rings is 1. The third-order valence-electron chi connectivity index (χ3n) is 6.39. The zero-order chi connectivity index (χ0) is 22.6. The summed E-state index contributed by atoms with van der Waals surface area (Å²) in [6.45, 7) is 5.05. The Kier molecular flexibility index (Phi) is 7.08. The van der Waals surface area contributed by atoms with Crippen molar-refractivity contribution in [3.05, 3.63) is 59.4 Å². The van der Waals surface area contributed by atoms with Gasteiger partial charge in [0.15, 0.2) is 6.79 Å². The first-order valence-electron chi connectivity index (χ1n) is 11.2. The Balaban J connectivity index is 1.54. The lowest BCUT2D eigenvalue weighted by atomic mass is 9.85. The van der Waals surface area contributed by atoms with Gasteiger partial charge >= 0.3 is 0 Å². The molecule has 2 aliphatic heterocycles. The summed E-state index contributed by atoms with van der Waals surface area (Å²) in [4.78, 5) is 17.3. The third-order valence-corrected chi connectivity index (χ3v) is 6.39. The lowest BCUT2D eigenvalue weighted by Crippen LogP contribution is -2.60. The van der Waals surface area contributed by atoms with E-state index in [0.29, 0.717) is 26.2 Å². The summed E-state index contributed by atoms with van der Waals surface area (Å²) in [5, 5.41) is 0. The van der Waals surface area contributed by atoms with Crippen LogP contribution < -0.4 is 9.64 Å². The Morgan fingerprint density at radius 2 is 1.97 bits per heavy atom. The van der Waals surface area contributed by atoms with Crippen LogP contribution >= 0.6 is 0 Å². The van der Waals surface area contributed by atoms with Crippen molar-refractivity contribution in [2.24, 2.45) is 0 Å². The lowest BCUT2D eigenvalue weighted by molar-refractivity contribution is -0.120. The number of hydrogen-bond donors (Lipinski definition) is 0. The van der Waals surface area contributed by atoms with Crippen LogP contribution in [0.5, 0.6) is 5.75 Å². The van der Waals surface area contributed by atoms with Crippen molar-refractivity contribution in [2.75, 3.05) is 38.5 Å². The number of hydrogen-bond acceptors (Lipinski definition) is 5. The van der Waals surface area contributed by atoms with Crippen molar-refractivity contribution in [1.29, 1.82) is 0 Å². The minimum absolute atomic E-state index is 0.0919. The Labute approximate surface area is 188 Å². The zero-order valence-electron chi connectivity index (χ0n) is 18.8. The Hall–Kier alpha value is -2.48. The van der Waals surface area contributed by atoms with Crippen molar-refractivity contribution in [3.63, 3.8) is 0 Å². The Morgan fingerprint density at radius 1 is 1.22 bits per heavy atom. The number of nitrogens with zero attached hydrogens (tertiary/aromatic N) is 2. The van der Waals surface area contributed by atoms with Crippen LogP contribution in [-0.4, -0.2) is 49.9 Å². The summed E-state index contributed by atoms with van der Waals surface area (Å²) >= 11 is 0. The van der Waals surface area contributed by atoms with E-state index in [-0.39, 0.29) is 18.5 Å². The summed E-state index contributed by atoms with van der Waals surface area (Å²) in [6.07, 6.45) is 1.96. The standard InChI is InChI=1S/C25H31FN2O4/c1-3-23(29)28(22-7-5-4-6-8-22)25(17-30-2)9-11-27(12-10-25)15-19-13-21(26)14-20-16-31-18-32-24(19)20/h4-8,13-14H,3,9-12,15-18H2,1-2H3. The van der Waals surface area contributed by atoms with Gasteiger partial charge in [-0.1, -0.05) is 25.1 Å². The maximum atomic E-state index is 14.2. The second-order valence-electron chi connectivity index (χ2n) is 8.52. The quantitative estimate of drug-likeness (QED) is 0.646. The summed E-state index contributed by atoms with van der Waals surface area (Å²) < 4.78 is 30.8. The average molecular weight is 443 g/mol. The molecule has 172 valence electrons. The molecule has 0 unspecified atom stereocenters. The number of benzene rings is 2. The SMILES string of the molecule is CCC(=O)N(c1ccccc1)C1(COC)CCN(Cc2cc(F)cc3c2OCOC3)CC1. The molecule has 32 heavy (non-hydrogen) atoms. The minimum Gasteiger partial charge on any atom is -0.467 e. The molecule has 1 fully saturated rings. The van der Waals surface area contributed by atoms with Crippen LogP contribution in [0.15, 0.2) is 42.5 Å². The van der Waals surface area contributed by atoms with Gasteiger partial charge < -0.3 is 19.1 Å². The van der Waals surface area contributed by atoms with Gasteiger partial charge in [0.2, 0.25) is 5.91 Å². The number of likely N-dealkylation sites (tertiary alicyclic amines) is 1. The van der Waals surface area contributed by atoms with E-state index >= 15 is 0 Å². The highest BCUT2D eigenvalue weighted by Gasteiger charge is 2.43. The van der Waals surface area contributed by atoms with Gasteiger partial charge in [-0.2, -0.15) is 0 Å². The minimum atomic E-state index is -0.411. The molecule has 7 heteroatoms. The molecule has 2 aromatic rings. The van der Waals surface area contributed by atoms with Crippen LogP contribution in [0.3, 0.4) is 0 Å². The van der Waals surface area contributed by atoms with Crippen LogP contribution in [-0.2, 0) is 27.4 Å². The Bertz CT molecular complexity index is 929. The van der Waals surface area contributed by atoms with Gasteiger partial charge in [-0.05, 0) is 37.1 Å². The van der Waals surface area contributed by atoms with E-state index in [0.717, 1.165) is 48.5 Å². The largest absolute Gasteiger partial charge is 0.467 e. The normalized spacial score (nSPS) is 18.0. The van der Waals surface area contributed by atoms with Gasteiger partial charge in [-0.15, -0.1) is 0 Å². The Morgan fingerprint density at radius 3 is 2.66 bits per heavy atom. The highest BCUT2D eigenvalue weighted by molar-refractivity contribution is 5.94. The molecular weight excluding hydrogens is 411 g/mol. The van der Waals surface area contributed by atoms with Crippen molar-refractivity contribution in [2.45, 2.75) is 44.9 Å². The smallest absolute Gasteiger partial charge is 0.227 e. The van der Waals surface area contributed by atoms with Crippen LogP contribution in [0, 0.1) is 5.82 Å². The molecular formula is C25H31FN2O4. The molecule has 2 aromatic carbocycles. The highest BCUT2D eigenvalue weighted by atomic mass is 19.1. The predicted molar refractivity (Wildman–Crippen MR) is 120 cm³/mol. The van der Waals surface area contributed by atoms with Crippen molar-refractivity contribution in [3.8, 4) is 5.75 Å². The van der Waals surface area contributed by atoms with E-state index in [4.69, 9.17) is 14.2 Å². The molecule has 2 aliphatic rings. The molecule has 4 rings (SSSR count). The maximum Gasteiger partial charge on any atom is 0.227 e. The van der Waals surface area contributed by atoms with E-state index in [1.807, 2.05) is 42.2 Å². The molecule has 0 spiro atoms. The number of carbonyl (C=O) groups is 1. The molecule has 0 bridgehead atoms. The van der Waals surface area contributed by atoms with Gasteiger partial charge in [0.05, 0.1) is 18.8 Å². The van der Waals surface area contributed by atoms with Gasteiger partial charge in [0, 0.05) is 50.0 Å². The van der Waals surface area contributed by atoms with Gasteiger partial charge in [-0.3, -0.25) is 9.69 Å². The summed E-state index contributed by atoms with van der Waals surface area (Å²) in [6, 6.07) is 12.9. The third kappa shape index (κ3) is 4.65. The van der Waals surface area contributed by atoms with E-state index in [1.54, 1.807) is 13.2 Å². The number of methoxy groups -OCH3 is 1. The summed E-state index contributed by atoms with van der Waals surface area (Å²) in [7, 11) is 1.69. The highest BCUT2D eigenvalue weighted by Crippen LogP contribution is 2.36. The monoisotopic (exact) mass is 442 g/mol. The summed E-state index contributed by atoms with van der Waals surface area (Å²) in [5.74, 6) is 0.551. The van der Waals surface area contributed by atoms with Crippen molar-refractivity contribution < 1.29 is 23.4 Å². The number of halogens is 1. The molecule has 0 atom stereocenters. The van der Waals surface area contributed by atoms with Crippen LogP contribution in [0.2, 0.25) is 0 Å². The van der Waals surface area contributed by atoms with Crippen molar-refractivity contribution in [1.82, 2.24) is 4.90 Å². The number of para-hydroxylation sites is 1.